The molecule has 1 aliphatic carbocycles. The number of benzene rings is 2. The third-order valence-corrected chi connectivity index (χ3v) is 5.70. The van der Waals surface area contributed by atoms with Crippen molar-refractivity contribution in [2.75, 3.05) is 34.5 Å². The molecule has 6 nitrogen and oxygen atoms in total. The maximum absolute atomic E-state index is 12.6. The fourth-order valence-corrected chi connectivity index (χ4v) is 4.04. The van der Waals surface area contributed by atoms with Crippen molar-refractivity contribution >= 4 is 5.97 Å². The van der Waals surface area contributed by atoms with Gasteiger partial charge in [0.05, 0.1) is 39.0 Å². The number of rotatable bonds is 12. The lowest BCUT2D eigenvalue weighted by atomic mass is 9.63. The second-order valence-electron chi connectivity index (χ2n) is 7.96. The molecule has 2 aromatic rings. The molecule has 0 aromatic heterocycles. The first-order valence-corrected chi connectivity index (χ1v) is 10.6. The molecule has 6 heteroatoms. The second-order valence-corrected chi connectivity index (χ2v) is 7.96. The van der Waals surface area contributed by atoms with E-state index in [0.29, 0.717) is 50.6 Å². The van der Waals surface area contributed by atoms with Crippen molar-refractivity contribution in [3.63, 3.8) is 0 Å². The molecule has 0 bridgehead atoms. The molecule has 0 amide bonds. The van der Waals surface area contributed by atoms with E-state index in [4.69, 9.17) is 23.7 Å². The van der Waals surface area contributed by atoms with Gasteiger partial charge in [-0.3, -0.25) is 4.79 Å². The third kappa shape index (κ3) is 5.99. The van der Waals surface area contributed by atoms with Gasteiger partial charge in [-0.05, 0) is 42.5 Å². The molecule has 3 rings (SSSR count). The van der Waals surface area contributed by atoms with E-state index in [0.717, 1.165) is 17.5 Å². The van der Waals surface area contributed by atoms with Gasteiger partial charge in [-0.15, -0.1) is 0 Å². The number of ether oxygens (including phenoxy) is 5. The predicted molar refractivity (Wildman–Crippen MR) is 117 cm³/mol. The maximum Gasteiger partial charge on any atom is 0.312 e. The summed E-state index contributed by atoms with van der Waals surface area (Å²) in [5.74, 6) is 1.16. The van der Waals surface area contributed by atoms with Gasteiger partial charge in [0.1, 0.15) is 0 Å². The van der Waals surface area contributed by atoms with E-state index >= 15 is 0 Å². The molecule has 0 radical (unpaired) electrons. The molecule has 0 spiro atoms. The molecular weight excluding hydrogens is 396 g/mol. The standard InChI is InChI=1S/C25H32O6/c1-27-12-7-13-30-23-14-20(10-11-22(23)28-2)15-25(24(26)29-3)16-21(17-25)31-18-19-8-5-4-6-9-19/h4-6,8-11,14,21H,7,12-13,15-18H2,1-3H3. The first kappa shape index (κ1) is 23.1. The summed E-state index contributed by atoms with van der Waals surface area (Å²) >= 11 is 0. The van der Waals surface area contributed by atoms with E-state index in [9.17, 15) is 4.79 Å². The topological polar surface area (TPSA) is 63.2 Å². The Morgan fingerprint density at radius 2 is 1.74 bits per heavy atom. The van der Waals surface area contributed by atoms with Crippen molar-refractivity contribution < 1.29 is 28.5 Å². The molecule has 0 N–H and O–H groups in total. The fraction of sp³-hybridized carbons (Fsp3) is 0.480. The average Bonchev–Trinajstić information content (AvgIpc) is 2.78. The van der Waals surface area contributed by atoms with Gasteiger partial charge in [0.15, 0.2) is 11.5 Å². The van der Waals surface area contributed by atoms with E-state index in [-0.39, 0.29) is 12.1 Å². The normalized spacial score (nSPS) is 20.0. The van der Waals surface area contributed by atoms with Crippen molar-refractivity contribution in [1.29, 1.82) is 0 Å². The zero-order valence-corrected chi connectivity index (χ0v) is 18.6. The summed E-state index contributed by atoms with van der Waals surface area (Å²) in [5, 5.41) is 0. The highest BCUT2D eigenvalue weighted by atomic mass is 16.5. The molecule has 1 saturated carbocycles. The summed E-state index contributed by atoms with van der Waals surface area (Å²) in [5.41, 5.74) is 1.57. The van der Waals surface area contributed by atoms with Crippen LogP contribution in [0.4, 0.5) is 0 Å². The van der Waals surface area contributed by atoms with Gasteiger partial charge in [0, 0.05) is 20.1 Å². The summed E-state index contributed by atoms with van der Waals surface area (Å²) < 4.78 is 27.5. The average molecular weight is 429 g/mol. The van der Waals surface area contributed by atoms with E-state index in [1.54, 1.807) is 14.2 Å². The predicted octanol–water partition coefficient (Wildman–Crippen LogP) is 4.19. The van der Waals surface area contributed by atoms with Crippen LogP contribution in [0, 0.1) is 5.41 Å². The lowest BCUT2D eigenvalue weighted by molar-refractivity contribution is -0.172. The Morgan fingerprint density at radius 1 is 0.968 bits per heavy atom. The van der Waals surface area contributed by atoms with Gasteiger partial charge in [-0.2, -0.15) is 0 Å². The summed E-state index contributed by atoms with van der Waals surface area (Å²) in [6.07, 6.45) is 2.69. The van der Waals surface area contributed by atoms with Crippen LogP contribution in [-0.2, 0) is 32.0 Å². The summed E-state index contributed by atoms with van der Waals surface area (Å²) in [6, 6.07) is 15.9. The molecule has 0 atom stereocenters. The van der Waals surface area contributed by atoms with Crippen LogP contribution in [-0.4, -0.2) is 46.6 Å². The molecule has 168 valence electrons. The van der Waals surface area contributed by atoms with Gasteiger partial charge in [0.2, 0.25) is 0 Å². The number of hydrogen-bond donors (Lipinski definition) is 0. The first-order chi connectivity index (χ1) is 15.1. The zero-order valence-electron chi connectivity index (χ0n) is 18.6. The van der Waals surface area contributed by atoms with Crippen LogP contribution in [0.3, 0.4) is 0 Å². The monoisotopic (exact) mass is 428 g/mol. The largest absolute Gasteiger partial charge is 0.493 e. The third-order valence-electron chi connectivity index (χ3n) is 5.70. The van der Waals surface area contributed by atoms with Gasteiger partial charge in [-0.1, -0.05) is 36.4 Å². The Hall–Kier alpha value is -2.57. The van der Waals surface area contributed by atoms with Gasteiger partial charge in [0.25, 0.3) is 0 Å². The summed E-state index contributed by atoms with van der Waals surface area (Å²) in [6.45, 7) is 1.72. The smallest absolute Gasteiger partial charge is 0.312 e. The van der Waals surface area contributed by atoms with Crippen LogP contribution in [0.15, 0.2) is 48.5 Å². The number of methoxy groups -OCH3 is 3. The number of carbonyl (C=O) groups excluding carboxylic acids is 1. The Labute approximate surface area is 184 Å². The van der Waals surface area contributed by atoms with Crippen LogP contribution in [0.25, 0.3) is 0 Å². The molecule has 0 saturated heterocycles. The highest BCUT2D eigenvalue weighted by molar-refractivity contribution is 5.78. The van der Waals surface area contributed by atoms with Crippen LogP contribution in [0.1, 0.15) is 30.4 Å². The van der Waals surface area contributed by atoms with Crippen molar-refractivity contribution in [2.24, 2.45) is 5.41 Å². The SMILES string of the molecule is COCCCOc1cc(CC2(C(=O)OC)CC(OCc3ccccc3)C2)ccc1OC. The second kappa shape index (κ2) is 11.2. The Bertz CT molecular complexity index is 829. The van der Waals surface area contributed by atoms with Crippen molar-refractivity contribution in [3.8, 4) is 11.5 Å². The van der Waals surface area contributed by atoms with Crippen LogP contribution >= 0.6 is 0 Å². The minimum absolute atomic E-state index is 0.0438. The number of esters is 1. The first-order valence-electron chi connectivity index (χ1n) is 10.6. The summed E-state index contributed by atoms with van der Waals surface area (Å²) in [7, 11) is 4.73. The molecule has 0 aliphatic heterocycles. The van der Waals surface area contributed by atoms with E-state index in [1.165, 1.54) is 7.11 Å². The Morgan fingerprint density at radius 3 is 2.42 bits per heavy atom. The highest BCUT2D eigenvalue weighted by Crippen LogP contribution is 2.47. The highest BCUT2D eigenvalue weighted by Gasteiger charge is 2.51. The molecule has 31 heavy (non-hydrogen) atoms. The summed E-state index contributed by atoms with van der Waals surface area (Å²) in [4.78, 5) is 12.6. The molecule has 0 unspecified atom stereocenters. The van der Waals surface area contributed by atoms with Crippen LogP contribution in [0.5, 0.6) is 11.5 Å². The molecule has 2 aromatic carbocycles. The number of hydrogen-bond acceptors (Lipinski definition) is 6. The van der Waals surface area contributed by atoms with Gasteiger partial charge >= 0.3 is 5.97 Å². The minimum atomic E-state index is -0.571. The Balaban J connectivity index is 1.64. The van der Waals surface area contributed by atoms with E-state index < -0.39 is 5.41 Å². The van der Waals surface area contributed by atoms with Gasteiger partial charge in [-0.25, -0.2) is 0 Å². The molecule has 1 aliphatic rings. The van der Waals surface area contributed by atoms with Crippen molar-refractivity contribution in [2.45, 2.75) is 38.4 Å². The van der Waals surface area contributed by atoms with E-state index in [2.05, 4.69) is 0 Å². The maximum atomic E-state index is 12.6. The number of carbonyl (C=O) groups is 1. The lowest BCUT2D eigenvalue weighted by Crippen LogP contribution is -2.50. The molecule has 0 heterocycles. The van der Waals surface area contributed by atoms with Crippen LogP contribution < -0.4 is 9.47 Å². The fourth-order valence-electron chi connectivity index (χ4n) is 4.04. The Kier molecular flexibility index (Phi) is 8.32. The minimum Gasteiger partial charge on any atom is -0.493 e. The molecular formula is C25H32O6. The van der Waals surface area contributed by atoms with Gasteiger partial charge < -0.3 is 23.7 Å². The van der Waals surface area contributed by atoms with Crippen molar-refractivity contribution in [3.05, 3.63) is 59.7 Å². The van der Waals surface area contributed by atoms with E-state index in [1.807, 2.05) is 48.5 Å². The lowest BCUT2D eigenvalue weighted by Gasteiger charge is -2.45. The van der Waals surface area contributed by atoms with Crippen LogP contribution in [0.2, 0.25) is 0 Å². The van der Waals surface area contributed by atoms with Crippen molar-refractivity contribution in [1.82, 2.24) is 0 Å². The quantitative estimate of drug-likeness (QED) is 0.373. The zero-order chi connectivity index (χ0) is 22.1. The molecule has 1 fully saturated rings.